The standard InChI is InChI=1S/C24H36N4O4S/c1-16(2)11-12-25-21(29)15-33-24-27-26-23(28(24)18-9-7-6-8-10-18)17-13-19(30-3)22(32-5)20(14-17)31-4/h13-14,16,18H,6-12,15H2,1-5H3,(H,25,29). The van der Waals surface area contributed by atoms with E-state index in [1.54, 1.807) is 21.3 Å². The minimum atomic E-state index is 0.0215. The summed E-state index contributed by atoms with van der Waals surface area (Å²) < 4.78 is 18.8. The Labute approximate surface area is 200 Å². The molecule has 1 aliphatic carbocycles. The van der Waals surface area contributed by atoms with Gasteiger partial charge in [0.2, 0.25) is 11.7 Å². The molecule has 0 aliphatic heterocycles. The molecule has 1 aliphatic rings. The highest BCUT2D eigenvalue weighted by atomic mass is 32.2. The Morgan fingerprint density at radius 2 is 1.76 bits per heavy atom. The van der Waals surface area contributed by atoms with Crippen molar-refractivity contribution in [2.45, 2.75) is 63.6 Å². The van der Waals surface area contributed by atoms with Gasteiger partial charge in [-0.25, -0.2) is 0 Å². The first kappa shape index (κ1) is 25.2. The quantitative estimate of drug-likeness (QED) is 0.469. The van der Waals surface area contributed by atoms with Crippen molar-refractivity contribution in [2.24, 2.45) is 5.92 Å². The molecule has 0 atom stereocenters. The third-order valence-electron chi connectivity index (χ3n) is 5.90. The summed E-state index contributed by atoms with van der Waals surface area (Å²) in [5, 5.41) is 12.8. The van der Waals surface area contributed by atoms with Crippen LogP contribution in [-0.2, 0) is 4.79 Å². The van der Waals surface area contributed by atoms with E-state index in [-0.39, 0.29) is 5.91 Å². The summed E-state index contributed by atoms with van der Waals surface area (Å²) in [6.07, 6.45) is 6.72. The summed E-state index contributed by atoms with van der Waals surface area (Å²) in [5.41, 5.74) is 0.843. The lowest BCUT2D eigenvalue weighted by atomic mass is 9.95. The number of methoxy groups -OCH3 is 3. The maximum atomic E-state index is 12.4. The molecule has 1 saturated carbocycles. The second-order valence-corrected chi connectivity index (χ2v) is 9.65. The van der Waals surface area contributed by atoms with E-state index in [4.69, 9.17) is 14.2 Å². The van der Waals surface area contributed by atoms with Gasteiger partial charge in [-0.15, -0.1) is 10.2 Å². The fourth-order valence-electron chi connectivity index (χ4n) is 4.13. The van der Waals surface area contributed by atoms with E-state index in [1.807, 2.05) is 12.1 Å². The average Bonchev–Trinajstić information content (AvgIpc) is 3.26. The van der Waals surface area contributed by atoms with E-state index in [0.717, 1.165) is 35.8 Å². The Balaban J connectivity index is 1.90. The topological polar surface area (TPSA) is 87.5 Å². The van der Waals surface area contributed by atoms with Gasteiger partial charge in [-0.3, -0.25) is 9.36 Å². The van der Waals surface area contributed by atoms with E-state index in [0.29, 0.717) is 41.5 Å². The normalized spacial score (nSPS) is 14.4. The zero-order valence-corrected chi connectivity index (χ0v) is 21.2. The molecular weight excluding hydrogens is 440 g/mol. The fraction of sp³-hybridized carbons (Fsp3) is 0.625. The number of nitrogens with zero attached hydrogens (tertiary/aromatic N) is 3. The molecule has 1 heterocycles. The number of ether oxygens (including phenoxy) is 3. The molecule has 0 unspecified atom stereocenters. The van der Waals surface area contributed by atoms with Gasteiger partial charge in [-0.05, 0) is 37.3 Å². The largest absolute Gasteiger partial charge is 0.493 e. The smallest absolute Gasteiger partial charge is 0.230 e. The number of rotatable bonds is 11. The zero-order chi connectivity index (χ0) is 23.8. The van der Waals surface area contributed by atoms with E-state index >= 15 is 0 Å². The maximum absolute atomic E-state index is 12.4. The van der Waals surface area contributed by atoms with Crippen LogP contribution in [0.3, 0.4) is 0 Å². The Morgan fingerprint density at radius 3 is 2.33 bits per heavy atom. The molecule has 3 rings (SSSR count). The molecule has 9 heteroatoms. The van der Waals surface area contributed by atoms with Crippen LogP contribution in [0.1, 0.15) is 58.4 Å². The minimum Gasteiger partial charge on any atom is -0.493 e. The lowest BCUT2D eigenvalue weighted by Crippen LogP contribution is -2.27. The lowest BCUT2D eigenvalue weighted by Gasteiger charge is -2.26. The van der Waals surface area contributed by atoms with Gasteiger partial charge in [0.05, 0.1) is 27.1 Å². The number of hydrogen-bond acceptors (Lipinski definition) is 7. The first-order valence-corrected chi connectivity index (χ1v) is 12.6. The Bertz CT molecular complexity index is 900. The first-order chi connectivity index (χ1) is 16.0. The van der Waals surface area contributed by atoms with E-state index in [1.165, 1.54) is 31.0 Å². The van der Waals surface area contributed by atoms with Crippen molar-refractivity contribution in [3.63, 3.8) is 0 Å². The lowest BCUT2D eigenvalue weighted by molar-refractivity contribution is -0.118. The molecule has 8 nitrogen and oxygen atoms in total. The summed E-state index contributed by atoms with van der Waals surface area (Å²) in [6, 6.07) is 4.10. The van der Waals surface area contributed by atoms with Crippen LogP contribution in [0.15, 0.2) is 17.3 Å². The van der Waals surface area contributed by atoms with Gasteiger partial charge in [0, 0.05) is 18.2 Å². The van der Waals surface area contributed by atoms with E-state index in [9.17, 15) is 4.79 Å². The summed E-state index contributed by atoms with van der Waals surface area (Å²) in [5.74, 6) is 3.34. The van der Waals surface area contributed by atoms with Gasteiger partial charge in [0.1, 0.15) is 0 Å². The van der Waals surface area contributed by atoms with Gasteiger partial charge < -0.3 is 19.5 Å². The molecule has 1 amide bonds. The number of nitrogens with one attached hydrogen (secondary N) is 1. The van der Waals surface area contributed by atoms with Crippen LogP contribution in [0.25, 0.3) is 11.4 Å². The van der Waals surface area contributed by atoms with Gasteiger partial charge in [-0.1, -0.05) is 44.9 Å². The van der Waals surface area contributed by atoms with Gasteiger partial charge in [0.15, 0.2) is 22.5 Å². The Hall–Kier alpha value is -2.42. The second-order valence-electron chi connectivity index (χ2n) is 8.70. The third-order valence-corrected chi connectivity index (χ3v) is 6.85. The van der Waals surface area contributed by atoms with Crippen molar-refractivity contribution in [1.29, 1.82) is 0 Å². The number of amides is 1. The number of hydrogen-bond donors (Lipinski definition) is 1. The fourth-order valence-corrected chi connectivity index (χ4v) is 4.97. The maximum Gasteiger partial charge on any atom is 0.230 e. The number of thioether (sulfide) groups is 1. The average molecular weight is 477 g/mol. The van der Waals surface area contributed by atoms with Gasteiger partial charge >= 0.3 is 0 Å². The van der Waals surface area contributed by atoms with Crippen LogP contribution >= 0.6 is 11.8 Å². The third kappa shape index (κ3) is 6.34. The van der Waals surface area contributed by atoms with Crippen molar-refractivity contribution < 1.29 is 19.0 Å². The Kier molecular flexibility index (Phi) is 9.29. The molecule has 1 fully saturated rings. The number of carbonyl (C=O) groups is 1. The molecule has 1 aromatic carbocycles. The van der Waals surface area contributed by atoms with Crippen molar-refractivity contribution in [3.05, 3.63) is 12.1 Å². The molecule has 0 radical (unpaired) electrons. The van der Waals surface area contributed by atoms with Crippen LogP contribution < -0.4 is 19.5 Å². The monoisotopic (exact) mass is 476 g/mol. The highest BCUT2D eigenvalue weighted by Crippen LogP contribution is 2.42. The minimum absolute atomic E-state index is 0.0215. The zero-order valence-electron chi connectivity index (χ0n) is 20.3. The molecule has 1 aromatic heterocycles. The summed E-state index contributed by atoms with van der Waals surface area (Å²) >= 11 is 1.44. The van der Waals surface area contributed by atoms with Gasteiger partial charge in [-0.2, -0.15) is 0 Å². The number of aromatic nitrogens is 3. The first-order valence-electron chi connectivity index (χ1n) is 11.6. The molecule has 2 aromatic rings. The predicted octanol–water partition coefficient (Wildman–Crippen LogP) is 4.73. The van der Waals surface area contributed by atoms with Crippen molar-refractivity contribution in [1.82, 2.24) is 20.1 Å². The molecule has 1 N–H and O–H groups in total. The second kappa shape index (κ2) is 12.2. The van der Waals surface area contributed by atoms with Crippen molar-refractivity contribution in [2.75, 3.05) is 33.6 Å². The summed E-state index contributed by atoms with van der Waals surface area (Å²) in [4.78, 5) is 12.4. The molecule has 0 saturated heterocycles. The highest BCUT2D eigenvalue weighted by Gasteiger charge is 2.26. The molecule has 33 heavy (non-hydrogen) atoms. The van der Waals surface area contributed by atoms with Crippen LogP contribution in [-0.4, -0.2) is 54.3 Å². The SMILES string of the molecule is COc1cc(-c2nnc(SCC(=O)NCCC(C)C)n2C2CCCCC2)cc(OC)c1OC. The van der Waals surface area contributed by atoms with Crippen LogP contribution in [0.4, 0.5) is 0 Å². The summed E-state index contributed by atoms with van der Waals surface area (Å²) in [7, 11) is 4.80. The van der Waals surface area contributed by atoms with E-state index in [2.05, 4.69) is 33.9 Å². The van der Waals surface area contributed by atoms with Crippen LogP contribution in [0, 0.1) is 5.92 Å². The summed E-state index contributed by atoms with van der Waals surface area (Å²) in [6.45, 7) is 5.00. The molecule has 182 valence electrons. The van der Waals surface area contributed by atoms with Gasteiger partial charge in [0.25, 0.3) is 0 Å². The predicted molar refractivity (Wildman–Crippen MR) is 130 cm³/mol. The van der Waals surface area contributed by atoms with Crippen molar-refractivity contribution in [3.8, 4) is 28.6 Å². The number of benzene rings is 1. The number of carbonyl (C=O) groups excluding carboxylic acids is 1. The molecule has 0 spiro atoms. The molecule has 0 bridgehead atoms. The van der Waals surface area contributed by atoms with Crippen LogP contribution in [0.2, 0.25) is 0 Å². The highest BCUT2D eigenvalue weighted by molar-refractivity contribution is 7.99. The molecular formula is C24H36N4O4S. The van der Waals surface area contributed by atoms with Crippen molar-refractivity contribution >= 4 is 17.7 Å². The Morgan fingerprint density at radius 1 is 1.09 bits per heavy atom. The van der Waals surface area contributed by atoms with E-state index < -0.39 is 0 Å². The van der Waals surface area contributed by atoms with Crippen LogP contribution in [0.5, 0.6) is 17.2 Å².